The molecule has 0 spiro atoms. The van der Waals surface area contributed by atoms with Crippen molar-refractivity contribution in [1.29, 1.82) is 0 Å². The van der Waals surface area contributed by atoms with E-state index in [1.165, 1.54) is 16.0 Å². The zero-order valence-electron chi connectivity index (χ0n) is 11.1. The lowest BCUT2D eigenvalue weighted by Gasteiger charge is -2.16. The fourth-order valence-corrected chi connectivity index (χ4v) is 2.82. The molecule has 0 amide bonds. The van der Waals surface area contributed by atoms with Crippen molar-refractivity contribution in [2.24, 2.45) is 0 Å². The third kappa shape index (κ3) is 2.92. The summed E-state index contributed by atoms with van der Waals surface area (Å²) < 4.78 is 5.56. The van der Waals surface area contributed by atoms with E-state index in [0.29, 0.717) is 6.61 Å². The maximum absolute atomic E-state index is 5.56. The molecule has 2 aromatic rings. The van der Waals surface area contributed by atoms with Gasteiger partial charge in [0.05, 0.1) is 12.6 Å². The highest BCUT2D eigenvalue weighted by atomic mass is 32.1. The van der Waals surface area contributed by atoms with Gasteiger partial charge in [-0.3, -0.25) is 0 Å². The van der Waals surface area contributed by atoms with Crippen LogP contribution in [0.4, 0.5) is 0 Å². The van der Waals surface area contributed by atoms with E-state index in [1.807, 2.05) is 26.1 Å². The minimum Gasteiger partial charge on any atom is -0.494 e. The van der Waals surface area contributed by atoms with Crippen LogP contribution < -0.4 is 10.1 Å². The van der Waals surface area contributed by atoms with Gasteiger partial charge in [-0.05, 0) is 55.6 Å². The summed E-state index contributed by atoms with van der Waals surface area (Å²) in [6.07, 6.45) is 0. The molecule has 0 bridgehead atoms. The molecule has 0 fully saturated rings. The molecule has 2 nitrogen and oxygen atoms in total. The van der Waals surface area contributed by atoms with Gasteiger partial charge >= 0.3 is 0 Å². The van der Waals surface area contributed by atoms with Gasteiger partial charge in [-0.1, -0.05) is 12.1 Å². The van der Waals surface area contributed by atoms with Crippen LogP contribution in [-0.2, 0) is 0 Å². The predicted molar refractivity (Wildman–Crippen MR) is 77.6 cm³/mol. The van der Waals surface area contributed by atoms with Crippen LogP contribution in [-0.4, -0.2) is 13.7 Å². The standard InChI is InChI=1S/C15H19NOS/c1-4-17-14-7-5-6-12(9-14)15(16-3)13-8-11(2)18-10-13/h5-10,15-16H,4H2,1-3H3. The maximum atomic E-state index is 5.56. The third-order valence-electron chi connectivity index (χ3n) is 2.88. The van der Waals surface area contributed by atoms with Crippen LogP contribution in [0.15, 0.2) is 35.7 Å². The highest BCUT2D eigenvalue weighted by Gasteiger charge is 2.13. The number of hydrogen-bond acceptors (Lipinski definition) is 3. The first-order valence-corrected chi connectivity index (χ1v) is 7.07. The Morgan fingerprint density at radius 1 is 1.28 bits per heavy atom. The van der Waals surface area contributed by atoms with Gasteiger partial charge < -0.3 is 10.1 Å². The first-order valence-electron chi connectivity index (χ1n) is 6.19. The van der Waals surface area contributed by atoms with Crippen LogP contribution in [0.25, 0.3) is 0 Å². The molecule has 1 aromatic heterocycles. The number of benzene rings is 1. The Kier molecular flexibility index (Phi) is 4.39. The van der Waals surface area contributed by atoms with Crippen molar-refractivity contribution in [1.82, 2.24) is 5.32 Å². The summed E-state index contributed by atoms with van der Waals surface area (Å²) in [5.74, 6) is 0.933. The average Bonchev–Trinajstić information content (AvgIpc) is 2.78. The SMILES string of the molecule is CCOc1cccc(C(NC)c2csc(C)c2)c1. The van der Waals surface area contributed by atoms with Crippen molar-refractivity contribution in [2.75, 3.05) is 13.7 Å². The molecule has 1 N–H and O–H groups in total. The quantitative estimate of drug-likeness (QED) is 0.884. The normalized spacial score (nSPS) is 12.4. The van der Waals surface area contributed by atoms with Crippen molar-refractivity contribution in [2.45, 2.75) is 19.9 Å². The summed E-state index contributed by atoms with van der Waals surface area (Å²) in [5.41, 5.74) is 2.55. The van der Waals surface area contributed by atoms with Gasteiger partial charge in [0, 0.05) is 4.88 Å². The second-order valence-corrected chi connectivity index (χ2v) is 5.33. The molecule has 0 aliphatic carbocycles. The Bertz CT molecular complexity index is 507. The van der Waals surface area contributed by atoms with Crippen LogP contribution >= 0.6 is 11.3 Å². The molecule has 0 saturated heterocycles. The van der Waals surface area contributed by atoms with Gasteiger partial charge in [0.1, 0.15) is 5.75 Å². The van der Waals surface area contributed by atoms with Crippen LogP contribution in [0.1, 0.15) is 29.0 Å². The summed E-state index contributed by atoms with van der Waals surface area (Å²) in [4.78, 5) is 1.34. The van der Waals surface area contributed by atoms with Gasteiger partial charge in [0.2, 0.25) is 0 Å². The van der Waals surface area contributed by atoms with Gasteiger partial charge in [-0.2, -0.15) is 0 Å². The van der Waals surface area contributed by atoms with Crippen LogP contribution in [0, 0.1) is 6.92 Å². The number of rotatable bonds is 5. The van der Waals surface area contributed by atoms with E-state index >= 15 is 0 Å². The third-order valence-corrected chi connectivity index (χ3v) is 3.75. The molecule has 2 rings (SSSR count). The summed E-state index contributed by atoms with van der Waals surface area (Å²) in [6.45, 7) is 4.84. The van der Waals surface area contributed by atoms with Crippen molar-refractivity contribution in [3.63, 3.8) is 0 Å². The first-order chi connectivity index (χ1) is 8.74. The smallest absolute Gasteiger partial charge is 0.119 e. The molecule has 3 heteroatoms. The van der Waals surface area contributed by atoms with Crippen molar-refractivity contribution >= 4 is 11.3 Å². The fraction of sp³-hybridized carbons (Fsp3) is 0.333. The number of nitrogens with one attached hydrogen (secondary N) is 1. The Labute approximate surface area is 113 Å². The lowest BCUT2D eigenvalue weighted by molar-refractivity contribution is 0.339. The average molecular weight is 261 g/mol. The lowest BCUT2D eigenvalue weighted by atomic mass is 10.0. The Morgan fingerprint density at radius 2 is 2.11 bits per heavy atom. The highest BCUT2D eigenvalue weighted by molar-refractivity contribution is 7.10. The summed E-state index contributed by atoms with van der Waals surface area (Å²) in [6, 6.07) is 10.8. The molecule has 1 heterocycles. The Morgan fingerprint density at radius 3 is 2.72 bits per heavy atom. The second kappa shape index (κ2) is 6.03. The highest BCUT2D eigenvalue weighted by Crippen LogP contribution is 2.28. The zero-order valence-corrected chi connectivity index (χ0v) is 11.9. The molecule has 1 aromatic carbocycles. The molecule has 96 valence electrons. The summed E-state index contributed by atoms with van der Waals surface area (Å²) in [7, 11) is 1.99. The van der Waals surface area contributed by atoms with E-state index in [9.17, 15) is 0 Å². The molecule has 1 unspecified atom stereocenters. The van der Waals surface area contributed by atoms with Crippen molar-refractivity contribution < 1.29 is 4.74 Å². The number of ether oxygens (including phenoxy) is 1. The van der Waals surface area contributed by atoms with Crippen LogP contribution in [0.5, 0.6) is 5.75 Å². The first kappa shape index (κ1) is 13.1. The maximum Gasteiger partial charge on any atom is 0.119 e. The molecular formula is C15H19NOS. The summed E-state index contributed by atoms with van der Waals surface area (Å²) >= 11 is 1.79. The molecule has 18 heavy (non-hydrogen) atoms. The molecule has 0 aliphatic rings. The van der Waals surface area contributed by atoms with E-state index in [0.717, 1.165) is 5.75 Å². The van der Waals surface area contributed by atoms with E-state index in [-0.39, 0.29) is 6.04 Å². The topological polar surface area (TPSA) is 21.3 Å². The largest absolute Gasteiger partial charge is 0.494 e. The molecular weight excluding hydrogens is 242 g/mol. The Hall–Kier alpha value is -1.32. The van der Waals surface area contributed by atoms with E-state index in [4.69, 9.17) is 4.74 Å². The van der Waals surface area contributed by atoms with Crippen LogP contribution in [0.2, 0.25) is 0 Å². The number of thiophene rings is 1. The minimum atomic E-state index is 0.232. The lowest BCUT2D eigenvalue weighted by Crippen LogP contribution is -2.17. The van der Waals surface area contributed by atoms with E-state index in [1.54, 1.807) is 11.3 Å². The molecule has 0 aliphatic heterocycles. The van der Waals surface area contributed by atoms with E-state index < -0.39 is 0 Å². The zero-order chi connectivity index (χ0) is 13.0. The number of hydrogen-bond donors (Lipinski definition) is 1. The van der Waals surface area contributed by atoms with Crippen LogP contribution in [0.3, 0.4) is 0 Å². The fourth-order valence-electron chi connectivity index (χ4n) is 2.09. The van der Waals surface area contributed by atoms with Gasteiger partial charge in [-0.25, -0.2) is 0 Å². The van der Waals surface area contributed by atoms with Crippen molar-refractivity contribution in [3.8, 4) is 5.75 Å². The predicted octanol–water partition coefficient (Wildman–Crippen LogP) is 3.76. The summed E-state index contributed by atoms with van der Waals surface area (Å²) in [5, 5.41) is 5.58. The molecule has 0 radical (unpaired) electrons. The number of aryl methyl sites for hydroxylation is 1. The van der Waals surface area contributed by atoms with Gasteiger partial charge in [-0.15, -0.1) is 11.3 Å². The van der Waals surface area contributed by atoms with Gasteiger partial charge in [0.25, 0.3) is 0 Å². The van der Waals surface area contributed by atoms with E-state index in [2.05, 4.69) is 35.8 Å². The minimum absolute atomic E-state index is 0.232. The molecule has 1 atom stereocenters. The molecule has 0 saturated carbocycles. The Balaban J connectivity index is 2.29. The van der Waals surface area contributed by atoms with Crippen molar-refractivity contribution in [3.05, 3.63) is 51.7 Å². The monoisotopic (exact) mass is 261 g/mol. The second-order valence-electron chi connectivity index (χ2n) is 4.22. The van der Waals surface area contributed by atoms with Gasteiger partial charge in [0.15, 0.2) is 0 Å².